The Morgan fingerprint density at radius 2 is 1.95 bits per heavy atom. The molecular weight excluding hydrogens is 264 g/mol. The van der Waals surface area contributed by atoms with Gasteiger partial charge in [-0.05, 0) is 30.7 Å². The van der Waals surface area contributed by atoms with Crippen LogP contribution in [0, 0.1) is 0 Å². The lowest BCUT2D eigenvalue weighted by Crippen LogP contribution is -2.20. The lowest BCUT2D eigenvalue weighted by molar-refractivity contribution is -0.116. The minimum Gasteiger partial charge on any atom is -0.390 e. The molecule has 0 aliphatic heterocycles. The van der Waals surface area contributed by atoms with Gasteiger partial charge in [0.1, 0.15) is 0 Å². The van der Waals surface area contributed by atoms with Crippen LogP contribution in [0.5, 0.6) is 0 Å². The Morgan fingerprint density at radius 3 is 2.53 bits per heavy atom. The van der Waals surface area contributed by atoms with Crippen LogP contribution in [-0.2, 0) is 4.79 Å². The van der Waals surface area contributed by atoms with Crippen molar-refractivity contribution >= 4 is 28.9 Å². The van der Waals surface area contributed by atoms with Crippen LogP contribution in [0.1, 0.15) is 26.2 Å². The van der Waals surface area contributed by atoms with E-state index in [2.05, 4.69) is 17.6 Å². The van der Waals surface area contributed by atoms with Crippen molar-refractivity contribution in [2.24, 2.45) is 0 Å². The summed E-state index contributed by atoms with van der Waals surface area (Å²) in [6.07, 6.45) is 1.91. The molecule has 0 spiro atoms. The maximum Gasteiger partial charge on any atom is 0.224 e. The minimum absolute atomic E-state index is 0.0418. The van der Waals surface area contributed by atoms with Crippen molar-refractivity contribution < 1.29 is 9.90 Å². The summed E-state index contributed by atoms with van der Waals surface area (Å²) in [5.74, 6) is 0.249. The van der Waals surface area contributed by atoms with Crippen LogP contribution in [0.15, 0.2) is 24.3 Å². The van der Waals surface area contributed by atoms with Gasteiger partial charge in [0.05, 0.1) is 12.0 Å². The van der Waals surface area contributed by atoms with Gasteiger partial charge >= 0.3 is 0 Å². The molecule has 0 aromatic heterocycles. The lowest BCUT2D eigenvalue weighted by atomic mass is 10.2. The van der Waals surface area contributed by atoms with Crippen LogP contribution in [0.4, 0.5) is 11.4 Å². The smallest absolute Gasteiger partial charge is 0.224 e. The molecule has 0 aliphatic carbocycles. The summed E-state index contributed by atoms with van der Waals surface area (Å²) in [5, 5.41) is 15.2. The molecule has 1 rings (SSSR count). The Morgan fingerprint density at radius 1 is 1.32 bits per heavy atom. The quantitative estimate of drug-likeness (QED) is 0.643. The molecular formula is C14H21ClN2O2. The van der Waals surface area contributed by atoms with Crippen LogP contribution in [-0.4, -0.2) is 29.5 Å². The van der Waals surface area contributed by atoms with E-state index in [0.29, 0.717) is 13.0 Å². The number of benzene rings is 1. The molecule has 0 radical (unpaired) electrons. The van der Waals surface area contributed by atoms with Gasteiger partial charge in [0.15, 0.2) is 0 Å². The normalized spacial score (nSPS) is 11.9. The molecule has 0 bridgehead atoms. The predicted molar refractivity (Wildman–Crippen MR) is 79.8 cm³/mol. The number of rotatable bonds is 8. The molecule has 5 heteroatoms. The van der Waals surface area contributed by atoms with Crippen molar-refractivity contribution in [3.05, 3.63) is 24.3 Å². The number of nitrogens with one attached hydrogen (secondary N) is 2. The number of unbranched alkanes of at least 4 members (excludes halogenated alkanes) is 1. The van der Waals surface area contributed by atoms with E-state index in [0.717, 1.165) is 24.2 Å². The van der Waals surface area contributed by atoms with Gasteiger partial charge in [0.2, 0.25) is 5.91 Å². The standard InChI is InChI=1S/C14H21ClN2O2/c1-2-3-4-14(19)17-12-7-5-11(6-8-12)16-10-13(18)9-15/h5-8,13,16,18H,2-4,9-10H2,1H3,(H,17,19). The maximum absolute atomic E-state index is 11.5. The highest BCUT2D eigenvalue weighted by Gasteiger charge is 2.03. The lowest BCUT2D eigenvalue weighted by Gasteiger charge is -2.11. The highest BCUT2D eigenvalue weighted by molar-refractivity contribution is 6.18. The molecule has 0 heterocycles. The molecule has 1 aromatic rings. The molecule has 0 saturated carbocycles. The van der Waals surface area contributed by atoms with E-state index < -0.39 is 6.10 Å². The number of carbonyl (C=O) groups excluding carboxylic acids is 1. The van der Waals surface area contributed by atoms with Crippen LogP contribution < -0.4 is 10.6 Å². The van der Waals surface area contributed by atoms with Crippen LogP contribution >= 0.6 is 11.6 Å². The third-order valence-corrected chi connectivity index (χ3v) is 3.00. The monoisotopic (exact) mass is 284 g/mol. The summed E-state index contributed by atoms with van der Waals surface area (Å²) >= 11 is 5.50. The minimum atomic E-state index is -0.560. The van der Waals surface area contributed by atoms with E-state index in [1.807, 2.05) is 24.3 Å². The van der Waals surface area contributed by atoms with E-state index in [1.165, 1.54) is 0 Å². The Bertz CT molecular complexity index is 382. The Balaban J connectivity index is 2.40. The molecule has 0 saturated heterocycles. The maximum atomic E-state index is 11.5. The zero-order valence-electron chi connectivity index (χ0n) is 11.2. The van der Waals surface area contributed by atoms with Gasteiger partial charge < -0.3 is 15.7 Å². The van der Waals surface area contributed by atoms with Crippen LogP contribution in [0.3, 0.4) is 0 Å². The molecule has 3 N–H and O–H groups in total. The first-order valence-corrected chi connectivity index (χ1v) is 7.07. The van der Waals surface area contributed by atoms with E-state index in [4.69, 9.17) is 11.6 Å². The fourth-order valence-electron chi connectivity index (χ4n) is 1.52. The fourth-order valence-corrected chi connectivity index (χ4v) is 1.63. The summed E-state index contributed by atoms with van der Waals surface area (Å²) in [7, 11) is 0. The largest absolute Gasteiger partial charge is 0.390 e. The summed E-state index contributed by atoms with van der Waals surface area (Å²) < 4.78 is 0. The molecule has 1 unspecified atom stereocenters. The molecule has 19 heavy (non-hydrogen) atoms. The van der Waals surface area contributed by atoms with Crippen molar-refractivity contribution in [3.8, 4) is 0 Å². The van der Waals surface area contributed by atoms with Crippen LogP contribution in [0.2, 0.25) is 0 Å². The van der Waals surface area contributed by atoms with Crippen molar-refractivity contribution in [2.75, 3.05) is 23.1 Å². The highest BCUT2D eigenvalue weighted by atomic mass is 35.5. The number of hydrogen-bond acceptors (Lipinski definition) is 3. The first kappa shape index (κ1) is 15.8. The van der Waals surface area contributed by atoms with Gasteiger partial charge in [-0.2, -0.15) is 0 Å². The second-order valence-corrected chi connectivity index (χ2v) is 4.73. The summed E-state index contributed by atoms with van der Waals surface area (Å²) in [6, 6.07) is 7.38. The van der Waals surface area contributed by atoms with Gasteiger partial charge in [-0.25, -0.2) is 0 Å². The predicted octanol–water partition coefficient (Wildman–Crippen LogP) is 2.83. The third kappa shape index (κ3) is 6.45. The average molecular weight is 285 g/mol. The summed E-state index contributed by atoms with van der Waals surface area (Å²) in [4.78, 5) is 11.5. The van der Waals surface area contributed by atoms with Crippen molar-refractivity contribution in [2.45, 2.75) is 32.3 Å². The highest BCUT2D eigenvalue weighted by Crippen LogP contribution is 2.14. The SMILES string of the molecule is CCCCC(=O)Nc1ccc(NCC(O)CCl)cc1. The number of anilines is 2. The molecule has 0 aliphatic rings. The Labute approximate surface area is 119 Å². The molecule has 0 fully saturated rings. The molecule has 106 valence electrons. The van der Waals surface area contributed by atoms with Gasteiger partial charge in [0, 0.05) is 24.3 Å². The zero-order chi connectivity index (χ0) is 14.1. The van der Waals surface area contributed by atoms with Crippen molar-refractivity contribution in [3.63, 3.8) is 0 Å². The number of carbonyl (C=O) groups is 1. The summed E-state index contributed by atoms with van der Waals surface area (Å²) in [5.41, 5.74) is 1.67. The van der Waals surface area contributed by atoms with E-state index in [1.54, 1.807) is 0 Å². The number of aliphatic hydroxyl groups is 1. The first-order valence-electron chi connectivity index (χ1n) is 6.53. The molecule has 1 aromatic carbocycles. The van der Waals surface area contributed by atoms with Crippen molar-refractivity contribution in [1.82, 2.24) is 0 Å². The Hall–Kier alpha value is -1.26. The average Bonchev–Trinajstić information content (AvgIpc) is 2.44. The van der Waals surface area contributed by atoms with Gasteiger partial charge in [-0.1, -0.05) is 13.3 Å². The van der Waals surface area contributed by atoms with E-state index in [9.17, 15) is 9.90 Å². The zero-order valence-corrected chi connectivity index (χ0v) is 11.9. The number of halogens is 1. The Kier molecular flexibility index (Phi) is 7.30. The second-order valence-electron chi connectivity index (χ2n) is 4.42. The topological polar surface area (TPSA) is 61.4 Å². The first-order chi connectivity index (χ1) is 9.15. The molecule has 1 amide bonds. The number of hydrogen-bond donors (Lipinski definition) is 3. The van der Waals surface area contributed by atoms with Crippen LogP contribution in [0.25, 0.3) is 0 Å². The third-order valence-electron chi connectivity index (χ3n) is 2.65. The summed E-state index contributed by atoms with van der Waals surface area (Å²) in [6.45, 7) is 2.47. The number of aliphatic hydroxyl groups excluding tert-OH is 1. The second kappa shape index (κ2) is 8.77. The van der Waals surface area contributed by atoms with E-state index in [-0.39, 0.29) is 11.8 Å². The fraction of sp³-hybridized carbons (Fsp3) is 0.500. The number of alkyl halides is 1. The molecule has 1 atom stereocenters. The van der Waals surface area contributed by atoms with Gasteiger partial charge in [-0.3, -0.25) is 4.79 Å². The van der Waals surface area contributed by atoms with Gasteiger partial charge in [-0.15, -0.1) is 11.6 Å². The number of amides is 1. The van der Waals surface area contributed by atoms with E-state index >= 15 is 0 Å². The molecule has 4 nitrogen and oxygen atoms in total. The van der Waals surface area contributed by atoms with Gasteiger partial charge in [0.25, 0.3) is 0 Å². The van der Waals surface area contributed by atoms with Crippen molar-refractivity contribution in [1.29, 1.82) is 0 Å².